The molecule has 196 valence electrons. The Bertz CT molecular complexity index is 1230. The number of nitrogens with zero attached hydrogens (tertiary/aromatic N) is 1. The van der Waals surface area contributed by atoms with E-state index in [-0.39, 0.29) is 11.8 Å². The van der Waals surface area contributed by atoms with Crippen LogP contribution in [0, 0.1) is 0 Å². The van der Waals surface area contributed by atoms with Crippen LogP contribution in [-0.2, 0) is 17.6 Å². The summed E-state index contributed by atoms with van der Waals surface area (Å²) in [5.74, 6) is 0.432. The number of carbonyl (C=O) groups excluding carboxylic acids is 1. The van der Waals surface area contributed by atoms with E-state index in [0.29, 0.717) is 42.9 Å². The maximum Gasteiger partial charge on any atom is 0.573 e. The first-order chi connectivity index (χ1) is 17.7. The van der Waals surface area contributed by atoms with Crippen LogP contribution in [-0.4, -0.2) is 37.9 Å². The summed E-state index contributed by atoms with van der Waals surface area (Å²) in [4.78, 5) is 14.8. The molecular formula is C28H29F3N2O4. The summed E-state index contributed by atoms with van der Waals surface area (Å²) in [6, 6.07) is 18.2. The molecule has 3 aromatic rings. The molecule has 0 aromatic heterocycles. The zero-order valence-corrected chi connectivity index (χ0v) is 20.6. The van der Waals surface area contributed by atoms with E-state index >= 15 is 0 Å². The third kappa shape index (κ3) is 6.17. The highest BCUT2D eigenvalue weighted by atomic mass is 19.4. The summed E-state index contributed by atoms with van der Waals surface area (Å²) in [5.41, 5.74) is 9.41. The van der Waals surface area contributed by atoms with Crippen LogP contribution in [0.1, 0.15) is 40.8 Å². The van der Waals surface area contributed by atoms with Crippen LogP contribution in [0.25, 0.3) is 0 Å². The summed E-state index contributed by atoms with van der Waals surface area (Å²) in [5, 5.41) is 0. The topological polar surface area (TPSA) is 74.0 Å². The fourth-order valence-corrected chi connectivity index (χ4v) is 5.03. The SMILES string of the molecule is COc1cc2c(cc1OC)C(CCc1cccc(OC(F)(F)F)c1)N(C(C(N)=O)c1ccccc1)CC2. The number of rotatable bonds is 9. The van der Waals surface area contributed by atoms with Crippen molar-refractivity contribution in [2.45, 2.75) is 37.7 Å². The lowest BCUT2D eigenvalue weighted by atomic mass is 9.86. The minimum Gasteiger partial charge on any atom is -0.493 e. The lowest BCUT2D eigenvalue weighted by Crippen LogP contribution is -2.44. The molecular weight excluding hydrogens is 485 g/mol. The first-order valence-corrected chi connectivity index (χ1v) is 11.9. The van der Waals surface area contributed by atoms with E-state index in [9.17, 15) is 18.0 Å². The van der Waals surface area contributed by atoms with Crippen LogP contribution in [0.4, 0.5) is 13.2 Å². The predicted molar refractivity (Wildman–Crippen MR) is 133 cm³/mol. The first-order valence-electron chi connectivity index (χ1n) is 11.9. The number of alkyl halides is 3. The van der Waals surface area contributed by atoms with Gasteiger partial charge in [0.2, 0.25) is 5.91 Å². The molecule has 9 heteroatoms. The van der Waals surface area contributed by atoms with Gasteiger partial charge >= 0.3 is 6.36 Å². The summed E-state index contributed by atoms with van der Waals surface area (Å²) >= 11 is 0. The van der Waals surface area contributed by atoms with Crippen molar-refractivity contribution in [1.82, 2.24) is 4.90 Å². The Morgan fingerprint density at radius 1 is 1.03 bits per heavy atom. The Balaban J connectivity index is 1.71. The zero-order chi connectivity index (χ0) is 26.6. The molecule has 1 aliphatic heterocycles. The number of primary amides is 1. The third-order valence-electron chi connectivity index (χ3n) is 6.60. The molecule has 0 aliphatic carbocycles. The first kappa shape index (κ1) is 26.3. The number of fused-ring (bicyclic) bond motifs is 1. The molecule has 1 aliphatic rings. The average Bonchev–Trinajstić information content (AvgIpc) is 2.86. The highest BCUT2D eigenvalue weighted by Gasteiger charge is 2.36. The second kappa shape index (κ2) is 11.1. The van der Waals surface area contributed by atoms with Gasteiger partial charge in [-0.05, 0) is 65.8 Å². The van der Waals surface area contributed by atoms with E-state index in [4.69, 9.17) is 15.2 Å². The number of benzene rings is 3. The van der Waals surface area contributed by atoms with E-state index in [1.807, 2.05) is 42.5 Å². The smallest absolute Gasteiger partial charge is 0.493 e. The third-order valence-corrected chi connectivity index (χ3v) is 6.60. The van der Waals surface area contributed by atoms with Crippen molar-refractivity contribution in [3.8, 4) is 17.2 Å². The summed E-state index contributed by atoms with van der Waals surface area (Å²) in [6.07, 6.45) is -3.13. The Morgan fingerprint density at radius 3 is 2.38 bits per heavy atom. The highest BCUT2D eigenvalue weighted by Crippen LogP contribution is 2.43. The fourth-order valence-electron chi connectivity index (χ4n) is 5.03. The van der Waals surface area contributed by atoms with Crippen molar-refractivity contribution in [3.63, 3.8) is 0 Å². The average molecular weight is 515 g/mol. The highest BCUT2D eigenvalue weighted by molar-refractivity contribution is 5.81. The van der Waals surface area contributed by atoms with E-state index in [0.717, 1.165) is 16.7 Å². The Morgan fingerprint density at radius 2 is 1.73 bits per heavy atom. The van der Waals surface area contributed by atoms with Crippen molar-refractivity contribution in [2.75, 3.05) is 20.8 Å². The van der Waals surface area contributed by atoms with Crippen LogP contribution < -0.4 is 19.9 Å². The number of amides is 1. The number of hydrogen-bond donors (Lipinski definition) is 1. The minimum atomic E-state index is -4.77. The van der Waals surface area contributed by atoms with Crippen molar-refractivity contribution in [1.29, 1.82) is 0 Å². The van der Waals surface area contributed by atoms with Gasteiger partial charge in [-0.3, -0.25) is 9.69 Å². The minimum absolute atomic E-state index is 0.256. The summed E-state index contributed by atoms with van der Waals surface area (Å²) < 4.78 is 53.3. The molecule has 0 bridgehead atoms. The van der Waals surface area contributed by atoms with Crippen LogP contribution in [0.15, 0.2) is 66.7 Å². The van der Waals surface area contributed by atoms with E-state index in [1.54, 1.807) is 20.3 Å². The maximum absolute atomic E-state index is 12.7. The molecule has 0 radical (unpaired) electrons. The van der Waals surface area contributed by atoms with Crippen molar-refractivity contribution < 1.29 is 32.2 Å². The largest absolute Gasteiger partial charge is 0.573 e. The molecule has 3 aromatic carbocycles. The van der Waals surface area contributed by atoms with Crippen LogP contribution in [0.5, 0.6) is 17.2 Å². The molecule has 4 rings (SSSR count). The zero-order valence-electron chi connectivity index (χ0n) is 20.6. The standard InChI is InChI=1S/C28H29F3N2O4/c1-35-24-16-20-13-14-33(26(27(32)34)19-8-4-3-5-9-19)23(22(20)17-25(24)36-2)12-11-18-7-6-10-21(15-18)37-28(29,30)31/h3-10,15-17,23,26H,11-14H2,1-2H3,(H2,32,34). The van der Waals surface area contributed by atoms with Gasteiger partial charge in [-0.2, -0.15) is 0 Å². The van der Waals surface area contributed by atoms with Crippen LogP contribution in [0.2, 0.25) is 0 Å². The molecule has 2 N–H and O–H groups in total. The molecule has 0 saturated heterocycles. The molecule has 1 amide bonds. The summed E-state index contributed by atoms with van der Waals surface area (Å²) in [6.45, 7) is 0.562. The predicted octanol–water partition coefficient (Wildman–Crippen LogP) is 5.36. The van der Waals surface area contributed by atoms with Gasteiger partial charge in [-0.15, -0.1) is 13.2 Å². The molecule has 0 saturated carbocycles. The van der Waals surface area contributed by atoms with Gasteiger partial charge in [0.1, 0.15) is 11.8 Å². The number of hydrogen-bond acceptors (Lipinski definition) is 5. The van der Waals surface area contributed by atoms with Gasteiger partial charge < -0.3 is 19.9 Å². The molecule has 2 atom stereocenters. The molecule has 6 nitrogen and oxygen atoms in total. The normalized spacial score (nSPS) is 16.5. The Hall–Kier alpha value is -3.72. The van der Waals surface area contributed by atoms with E-state index < -0.39 is 18.3 Å². The van der Waals surface area contributed by atoms with Crippen LogP contribution in [0.3, 0.4) is 0 Å². The Labute approximate surface area is 213 Å². The van der Waals surface area contributed by atoms with Crippen LogP contribution >= 0.6 is 0 Å². The van der Waals surface area contributed by atoms with Gasteiger partial charge in [-0.25, -0.2) is 0 Å². The monoisotopic (exact) mass is 514 g/mol. The number of halogens is 3. The lowest BCUT2D eigenvalue weighted by Gasteiger charge is -2.41. The molecule has 0 fully saturated rings. The molecule has 37 heavy (non-hydrogen) atoms. The molecule has 1 heterocycles. The number of ether oxygens (including phenoxy) is 3. The lowest BCUT2D eigenvalue weighted by molar-refractivity contribution is -0.274. The van der Waals surface area contributed by atoms with Crippen molar-refractivity contribution >= 4 is 5.91 Å². The number of aryl methyl sites for hydroxylation is 1. The number of carbonyl (C=O) groups is 1. The van der Waals surface area contributed by atoms with Gasteiger partial charge in [0.25, 0.3) is 0 Å². The van der Waals surface area contributed by atoms with Crippen molar-refractivity contribution in [2.24, 2.45) is 5.73 Å². The number of nitrogens with two attached hydrogens (primary N) is 1. The second-order valence-corrected chi connectivity index (χ2v) is 8.86. The quantitative estimate of drug-likeness (QED) is 0.416. The summed E-state index contributed by atoms with van der Waals surface area (Å²) in [7, 11) is 3.13. The van der Waals surface area contributed by atoms with Gasteiger partial charge in [0, 0.05) is 12.6 Å². The van der Waals surface area contributed by atoms with E-state index in [2.05, 4.69) is 9.64 Å². The molecule has 2 unspecified atom stereocenters. The van der Waals surface area contributed by atoms with Crippen molar-refractivity contribution in [3.05, 3.63) is 89.0 Å². The van der Waals surface area contributed by atoms with Gasteiger partial charge in [0.15, 0.2) is 11.5 Å². The molecule has 0 spiro atoms. The van der Waals surface area contributed by atoms with Gasteiger partial charge in [0.05, 0.1) is 14.2 Å². The number of methoxy groups -OCH3 is 2. The fraction of sp³-hybridized carbons (Fsp3) is 0.321. The van der Waals surface area contributed by atoms with E-state index in [1.165, 1.54) is 18.2 Å². The Kier molecular flexibility index (Phi) is 7.92. The maximum atomic E-state index is 12.7. The van der Waals surface area contributed by atoms with Gasteiger partial charge in [-0.1, -0.05) is 42.5 Å². The second-order valence-electron chi connectivity index (χ2n) is 8.86.